The van der Waals surface area contributed by atoms with Gasteiger partial charge in [0.05, 0.1) is 5.71 Å². The lowest BCUT2D eigenvalue weighted by Crippen LogP contribution is -2.34. The second kappa shape index (κ2) is 3.12. The minimum Gasteiger partial charge on any atom is -0.411 e. The maximum Gasteiger partial charge on any atom is 0.0673 e. The van der Waals surface area contributed by atoms with Crippen LogP contribution in [0.5, 0.6) is 0 Å². The Kier molecular flexibility index (Phi) is 2.06. The van der Waals surface area contributed by atoms with Crippen molar-refractivity contribution in [3.05, 3.63) is 35.4 Å². The van der Waals surface area contributed by atoms with Crippen LogP contribution in [0.2, 0.25) is 0 Å². The van der Waals surface area contributed by atoms with Gasteiger partial charge in [0.1, 0.15) is 0 Å². The minimum atomic E-state index is -0.121. The Morgan fingerprint density at radius 1 is 1.21 bits per heavy atom. The molecule has 0 bridgehead atoms. The van der Waals surface area contributed by atoms with E-state index in [1.54, 1.807) is 0 Å². The van der Waals surface area contributed by atoms with Crippen LogP contribution < -0.4 is 0 Å². The van der Waals surface area contributed by atoms with E-state index >= 15 is 0 Å². The second-order valence-electron chi connectivity index (χ2n) is 4.33. The van der Waals surface area contributed by atoms with Crippen LogP contribution in [0.4, 0.5) is 0 Å². The summed E-state index contributed by atoms with van der Waals surface area (Å²) in [5, 5.41) is 12.4. The van der Waals surface area contributed by atoms with Crippen molar-refractivity contribution in [2.45, 2.75) is 32.1 Å². The predicted molar refractivity (Wildman–Crippen MR) is 57.0 cm³/mol. The molecule has 1 aliphatic rings. The molecule has 0 heterocycles. The Bertz CT molecular complexity index is 380. The van der Waals surface area contributed by atoms with Gasteiger partial charge in [-0.15, -0.1) is 0 Å². The lowest BCUT2D eigenvalue weighted by Gasteiger charge is -2.33. The third-order valence-corrected chi connectivity index (χ3v) is 3.16. The van der Waals surface area contributed by atoms with E-state index in [1.807, 2.05) is 6.07 Å². The summed E-state index contributed by atoms with van der Waals surface area (Å²) >= 11 is 0. The standard InChI is InChI=1S/C12H15NO/c1-12(2)10-6-4-3-5-9(10)7-8-11(12)13-14/h3-6,14H,7-8H2,1-2H3/b13-11-. The molecule has 1 aliphatic carbocycles. The number of oxime groups is 1. The third-order valence-electron chi connectivity index (χ3n) is 3.16. The molecule has 0 spiro atoms. The van der Waals surface area contributed by atoms with Crippen molar-refractivity contribution in [1.82, 2.24) is 0 Å². The molecule has 14 heavy (non-hydrogen) atoms. The highest BCUT2D eigenvalue weighted by molar-refractivity contribution is 5.95. The SMILES string of the molecule is CC1(C)/C(=N\O)CCc2ccccc21. The van der Waals surface area contributed by atoms with Crippen molar-refractivity contribution in [3.8, 4) is 0 Å². The maximum absolute atomic E-state index is 8.94. The van der Waals surface area contributed by atoms with Gasteiger partial charge in [0.15, 0.2) is 0 Å². The van der Waals surface area contributed by atoms with Crippen LogP contribution in [0.3, 0.4) is 0 Å². The number of fused-ring (bicyclic) bond motifs is 1. The monoisotopic (exact) mass is 189 g/mol. The molecule has 0 unspecified atom stereocenters. The Hall–Kier alpha value is -1.31. The first-order chi connectivity index (χ1) is 6.66. The summed E-state index contributed by atoms with van der Waals surface area (Å²) in [5.41, 5.74) is 3.43. The van der Waals surface area contributed by atoms with Crippen molar-refractivity contribution in [2.75, 3.05) is 0 Å². The molecule has 2 nitrogen and oxygen atoms in total. The van der Waals surface area contributed by atoms with Gasteiger partial charge >= 0.3 is 0 Å². The molecule has 1 N–H and O–H groups in total. The zero-order chi connectivity index (χ0) is 10.2. The molecular formula is C12H15NO. The first-order valence-electron chi connectivity index (χ1n) is 4.96. The lowest BCUT2D eigenvalue weighted by molar-refractivity contribution is 0.311. The fourth-order valence-corrected chi connectivity index (χ4v) is 2.24. The Morgan fingerprint density at radius 3 is 2.64 bits per heavy atom. The first kappa shape index (κ1) is 9.25. The summed E-state index contributed by atoms with van der Waals surface area (Å²) in [6, 6.07) is 8.39. The van der Waals surface area contributed by atoms with E-state index < -0.39 is 0 Å². The van der Waals surface area contributed by atoms with Crippen LogP contribution in [-0.4, -0.2) is 10.9 Å². The van der Waals surface area contributed by atoms with E-state index in [2.05, 4.69) is 37.2 Å². The quantitative estimate of drug-likeness (QED) is 0.494. The molecule has 2 heteroatoms. The van der Waals surface area contributed by atoms with Crippen molar-refractivity contribution in [1.29, 1.82) is 0 Å². The zero-order valence-corrected chi connectivity index (χ0v) is 8.62. The summed E-state index contributed by atoms with van der Waals surface area (Å²) in [6.07, 6.45) is 1.85. The van der Waals surface area contributed by atoms with E-state index in [4.69, 9.17) is 5.21 Å². The molecule has 1 aromatic rings. The van der Waals surface area contributed by atoms with Gasteiger partial charge in [0.2, 0.25) is 0 Å². The predicted octanol–water partition coefficient (Wildman–Crippen LogP) is 2.74. The molecule has 0 atom stereocenters. The molecule has 2 rings (SSSR count). The average molecular weight is 189 g/mol. The van der Waals surface area contributed by atoms with E-state index in [0.717, 1.165) is 18.6 Å². The highest BCUT2D eigenvalue weighted by Crippen LogP contribution is 2.34. The number of aryl methyl sites for hydroxylation is 1. The second-order valence-corrected chi connectivity index (χ2v) is 4.33. The van der Waals surface area contributed by atoms with Crippen molar-refractivity contribution in [3.63, 3.8) is 0 Å². The number of rotatable bonds is 0. The van der Waals surface area contributed by atoms with E-state index in [1.165, 1.54) is 11.1 Å². The van der Waals surface area contributed by atoms with Crippen LogP contribution in [0.1, 0.15) is 31.4 Å². The molecule has 0 aliphatic heterocycles. The van der Waals surface area contributed by atoms with E-state index in [-0.39, 0.29) is 5.41 Å². The fourth-order valence-electron chi connectivity index (χ4n) is 2.24. The van der Waals surface area contributed by atoms with Crippen molar-refractivity contribution >= 4 is 5.71 Å². The number of benzene rings is 1. The van der Waals surface area contributed by atoms with Crippen molar-refractivity contribution < 1.29 is 5.21 Å². The van der Waals surface area contributed by atoms with Crippen LogP contribution in [0.25, 0.3) is 0 Å². The van der Waals surface area contributed by atoms with Crippen LogP contribution in [0, 0.1) is 0 Å². The van der Waals surface area contributed by atoms with E-state index in [9.17, 15) is 0 Å². The molecule has 0 saturated heterocycles. The summed E-state index contributed by atoms with van der Waals surface area (Å²) in [7, 11) is 0. The van der Waals surface area contributed by atoms with Gasteiger partial charge in [-0.1, -0.05) is 43.3 Å². The summed E-state index contributed by atoms with van der Waals surface area (Å²) in [4.78, 5) is 0. The normalized spacial score (nSPS) is 22.0. The Labute approximate surface area is 84.3 Å². The van der Waals surface area contributed by atoms with Gasteiger partial charge in [-0.3, -0.25) is 0 Å². The third kappa shape index (κ3) is 1.22. The molecule has 0 aromatic heterocycles. The lowest BCUT2D eigenvalue weighted by atomic mass is 9.71. The van der Waals surface area contributed by atoms with Gasteiger partial charge in [-0.2, -0.15) is 0 Å². The Balaban J connectivity index is 2.57. The summed E-state index contributed by atoms with van der Waals surface area (Å²) in [6.45, 7) is 4.22. The molecule has 74 valence electrons. The zero-order valence-electron chi connectivity index (χ0n) is 8.62. The van der Waals surface area contributed by atoms with Crippen LogP contribution in [0.15, 0.2) is 29.4 Å². The fraction of sp³-hybridized carbons (Fsp3) is 0.417. The summed E-state index contributed by atoms with van der Waals surface area (Å²) < 4.78 is 0. The molecule has 0 radical (unpaired) electrons. The average Bonchev–Trinajstić information content (AvgIpc) is 2.18. The maximum atomic E-state index is 8.94. The van der Waals surface area contributed by atoms with Gasteiger partial charge in [0.25, 0.3) is 0 Å². The molecular weight excluding hydrogens is 174 g/mol. The van der Waals surface area contributed by atoms with Crippen molar-refractivity contribution in [2.24, 2.45) is 5.16 Å². The topological polar surface area (TPSA) is 32.6 Å². The van der Waals surface area contributed by atoms with Gasteiger partial charge < -0.3 is 5.21 Å². The van der Waals surface area contributed by atoms with Gasteiger partial charge in [0, 0.05) is 5.41 Å². The van der Waals surface area contributed by atoms with Crippen LogP contribution >= 0.6 is 0 Å². The minimum absolute atomic E-state index is 0.121. The highest BCUT2D eigenvalue weighted by Gasteiger charge is 2.33. The van der Waals surface area contributed by atoms with Crippen LogP contribution in [-0.2, 0) is 11.8 Å². The number of nitrogens with zero attached hydrogens (tertiary/aromatic N) is 1. The smallest absolute Gasteiger partial charge is 0.0673 e. The van der Waals surface area contributed by atoms with Gasteiger partial charge in [-0.05, 0) is 24.0 Å². The molecule has 1 aromatic carbocycles. The Morgan fingerprint density at radius 2 is 1.93 bits per heavy atom. The highest BCUT2D eigenvalue weighted by atomic mass is 16.4. The largest absolute Gasteiger partial charge is 0.411 e. The first-order valence-corrected chi connectivity index (χ1v) is 4.96. The number of hydrogen-bond acceptors (Lipinski definition) is 2. The van der Waals surface area contributed by atoms with E-state index in [0.29, 0.717) is 0 Å². The molecule has 0 saturated carbocycles. The van der Waals surface area contributed by atoms with Gasteiger partial charge in [-0.25, -0.2) is 0 Å². The molecule has 0 amide bonds. The molecule has 0 fully saturated rings. The summed E-state index contributed by atoms with van der Waals surface area (Å²) in [5.74, 6) is 0. The number of hydrogen-bond donors (Lipinski definition) is 1.